The summed E-state index contributed by atoms with van der Waals surface area (Å²) >= 11 is 0. The van der Waals surface area contributed by atoms with Crippen molar-refractivity contribution in [3.63, 3.8) is 0 Å². The number of rotatable bonds is 3. The number of hydrogen-bond acceptors (Lipinski definition) is 3. The molecule has 0 aliphatic heterocycles. The molecule has 0 saturated carbocycles. The third-order valence-corrected chi connectivity index (χ3v) is 1.40. The molecule has 1 rings (SSSR count). The second-order valence-electron chi connectivity index (χ2n) is 2.36. The first-order valence-corrected chi connectivity index (χ1v) is 3.73. The Morgan fingerprint density at radius 1 is 1.46 bits per heavy atom. The lowest BCUT2D eigenvalue weighted by Crippen LogP contribution is -1.91. The zero-order chi connectivity index (χ0) is 9.52. The van der Waals surface area contributed by atoms with Gasteiger partial charge in [-0.25, -0.2) is 0 Å². The fraction of sp³-hybridized carbons (Fsp3) is 0.111. The highest BCUT2D eigenvalue weighted by molar-refractivity contribution is 5.13. The van der Waals surface area contributed by atoms with E-state index in [1.165, 1.54) is 0 Å². The van der Waals surface area contributed by atoms with Crippen molar-refractivity contribution in [2.45, 2.75) is 6.61 Å². The van der Waals surface area contributed by atoms with Gasteiger partial charge in [-0.05, 0) is 5.56 Å². The Labute approximate surface area is 75.7 Å². The predicted molar refractivity (Wildman–Crippen MR) is 47.0 cm³/mol. The largest absolute Gasteiger partial charge is 0.476 e. The zero-order valence-corrected chi connectivity index (χ0v) is 6.92. The van der Waals surface area contributed by atoms with E-state index in [0.29, 0.717) is 0 Å². The lowest BCUT2D eigenvalue weighted by molar-refractivity contribution is 0.0828. The van der Waals surface area contributed by atoms with Crippen LogP contribution in [0, 0.1) is 5.39 Å². The Morgan fingerprint density at radius 3 is 2.77 bits per heavy atom. The zero-order valence-electron chi connectivity index (χ0n) is 6.92. The molecule has 0 amide bonds. The fourth-order valence-corrected chi connectivity index (χ4v) is 0.818. The van der Waals surface area contributed by atoms with Crippen molar-refractivity contribution in [1.82, 2.24) is 0 Å². The first-order valence-electron chi connectivity index (χ1n) is 3.73. The predicted octanol–water partition coefficient (Wildman–Crippen LogP) is 2.41. The molecule has 0 radical (unpaired) electrons. The maximum Gasteiger partial charge on any atom is 0.429 e. The van der Waals surface area contributed by atoms with Gasteiger partial charge >= 0.3 is 12.1 Å². The van der Waals surface area contributed by atoms with Crippen molar-refractivity contribution in [2.24, 2.45) is 0 Å². The Hall–Kier alpha value is -2.02. The molecule has 0 spiro atoms. The summed E-state index contributed by atoms with van der Waals surface area (Å²) in [5, 5.41) is 16.9. The Balaban J connectivity index is 2.45. The van der Waals surface area contributed by atoms with E-state index in [4.69, 9.17) is 15.2 Å². The van der Waals surface area contributed by atoms with Gasteiger partial charge in [-0.1, -0.05) is 30.3 Å². The molecule has 0 fully saturated rings. The molecule has 0 atom stereocenters. The fourth-order valence-electron chi connectivity index (χ4n) is 0.818. The molecule has 13 heavy (non-hydrogen) atoms. The second-order valence-corrected chi connectivity index (χ2v) is 2.36. The molecular weight excluding hydrogens is 168 g/mol. The van der Waals surface area contributed by atoms with Crippen LogP contribution in [-0.2, 0) is 11.3 Å². The van der Waals surface area contributed by atoms with Gasteiger partial charge in [0.05, 0.1) is 0 Å². The molecule has 0 saturated heterocycles. The van der Waals surface area contributed by atoms with Gasteiger partial charge in [-0.15, -0.1) is 0 Å². The van der Waals surface area contributed by atoms with Crippen molar-refractivity contribution in [2.75, 3.05) is 0 Å². The van der Waals surface area contributed by atoms with Gasteiger partial charge in [0.15, 0.2) is 4.98 Å². The number of aliphatic hydroxyl groups excluding tert-OH is 1. The van der Waals surface area contributed by atoms with Crippen LogP contribution in [0.25, 0.3) is 4.98 Å². The maximum absolute atomic E-state index is 8.90. The molecule has 1 aromatic carbocycles. The van der Waals surface area contributed by atoms with Crippen molar-refractivity contribution in [3.8, 4) is 0 Å². The maximum atomic E-state index is 8.90. The number of ether oxygens (including phenoxy) is 1. The van der Waals surface area contributed by atoms with Gasteiger partial charge in [0.25, 0.3) is 0 Å². The minimum Gasteiger partial charge on any atom is -0.476 e. The molecule has 0 unspecified atom stereocenters. The van der Waals surface area contributed by atoms with Gasteiger partial charge in [-0.3, -0.25) is 0 Å². The highest BCUT2D eigenvalue weighted by Crippen LogP contribution is 2.03. The van der Waals surface area contributed by atoms with E-state index in [2.05, 4.69) is 4.98 Å². The topological polar surface area (TPSA) is 57.6 Å². The molecule has 1 aromatic rings. The van der Waals surface area contributed by atoms with E-state index in [1.807, 2.05) is 30.3 Å². The lowest BCUT2D eigenvalue weighted by Gasteiger charge is -2.00. The average molecular weight is 177 g/mol. The van der Waals surface area contributed by atoms with Gasteiger partial charge in [-0.2, -0.15) is 0 Å². The minimum atomic E-state index is -0.411. The van der Waals surface area contributed by atoms with E-state index in [0.717, 1.165) is 11.8 Å². The van der Waals surface area contributed by atoms with E-state index in [-0.39, 0.29) is 6.61 Å². The Kier molecular flexibility index (Phi) is 3.33. The molecule has 4 heteroatoms. The molecule has 0 aromatic heterocycles. The third-order valence-electron chi connectivity index (χ3n) is 1.40. The van der Waals surface area contributed by atoms with E-state index >= 15 is 0 Å². The number of hydrogen-bond donors (Lipinski definition) is 1. The quantitative estimate of drug-likeness (QED) is 0.569. The van der Waals surface area contributed by atoms with Crippen molar-refractivity contribution in [1.29, 1.82) is 5.39 Å². The molecule has 1 N–H and O–H groups in total. The first kappa shape index (κ1) is 9.07. The van der Waals surface area contributed by atoms with Gasteiger partial charge < -0.3 is 9.84 Å². The van der Waals surface area contributed by atoms with Gasteiger partial charge in [0.2, 0.25) is 5.39 Å². The summed E-state index contributed by atoms with van der Waals surface area (Å²) < 4.78 is 4.83. The number of aliphatic hydroxyl groups is 1. The van der Waals surface area contributed by atoms with Gasteiger partial charge in [0.1, 0.15) is 6.61 Å². The number of benzene rings is 1. The van der Waals surface area contributed by atoms with Crippen LogP contribution in [0.3, 0.4) is 0 Å². The summed E-state index contributed by atoms with van der Waals surface area (Å²) in [4.78, 5) is 2.61. The van der Waals surface area contributed by atoms with Gasteiger partial charge in [0, 0.05) is 0 Å². The van der Waals surface area contributed by atoms with E-state index in [1.54, 1.807) is 0 Å². The van der Waals surface area contributed by atoms with Crippen LogP contribution in [0.15, 0.2) is 42.5 Å². The molecule has 0 aliphatic rings. The highest BCUT2D eigenvalue weighted by Gasteiger charge is 2.00. The van der Waals surface area contributed by atoms with Crippen LogP contribution in [0.4, 0.5) is 0 Å². The number of diazo groups is 1. The molecule has 4 nitrogen and oxygen atoms in total. The third kappa shape index (κ3) is 3.25. The van der Waals surface area contributed by atoms with Crippen molar-refractivity contribution in [3.05, 3.63) is 53.0 Å². The highest BCUT2D eigenvalue weighted by atomic mass is 16.6. The van der Waals surface area contributed by atoms with E-state index in [9.17, 15) is 0 Å². The van der Waals surface area contributed by atoms with Crippen molar-refractivity contribution < 1.29 is 9.84 Å². The normalized spacial score (nSPS) is 10.5. The molecule has 0 bridgehead atoms. The molecule has 66 valence electrons. The van der Waals surface area contributed by atoms with Crippen LogP contribution in [0.2, 0.25) is 0 Å². The standard InChI is InChI=1S/C9H8N2O2/c10-11-6-9(12)13-7-8-4-2-1-3-5-8/h1-6H,7H2/p+1/b9-6+. The Bertz CT molecular complexity index is 327. The SMILES string of the molecule is N#[N+]/C=C(\O)OCc1ccccc1. The summed E-state index contributed by atoms with van der Waals surface area (Å²) in [7, 11) is 0. The van der Waals surface area contributed by atoms with Crippen LogP contribution in [0.1, 0.15) is 5.56 Å². The average Bonchev–Trinajstić information content (AvgIpc) is 2.17. The van der Waals surface area contributed by atoms with Crippen molar-refractivity contribution >= 4 is 0 Å². The second kappa shape index (κ2) is 4.78. The smallest absolute Gasteiger partial charge is 0.429 e. The summed E-state index contributed by atoms with van der Waals surface area (Å²) in [6.07, 6.45) is 0.822. The monoisotopic (exact) mass is 177 g/mol. The number of nitrogens with zero attached hydrogens (tertiary/aromatic N) is 2. The van der Waals surface area contributed by atoms with Crippen LogP contribution in [0.5, 0.6) is 0 Å². The van der Waals surface area contributed by atoms with Crippen LogP contribution in [-0.4, -0.2) is 5.11 Å². The molecule has 0 aliphatic carbocycles. The minimum absolute atomic E-state index is 0.249. The van der Waals surface area contributed by atoms with E-state index < -0.39 is 5.95 Å². The summed E-state index contributed by atoms with van der Waals surface area (Å²) in [6, 6.07) is 9.36. The van der Waals surface area contributed by atoms with Crippen LogP contribution < -0.4 is 0 Å². The summed E-state index contributed by atoms with van der Waals surface area (Å²) in [5.41, 5.74) is 0.931. The molecular formula is C9H9N2O2+. The van der Waals surface area contributed by atoms with Crippen LogP contribution >= 0.6 is 0 Å². The lowest BCUT2D eigenvalue weighted by atomic mass is 10.2. The first-order chi connectivity index (χ1) is 6.33. The summed E-state index contributed by atoms with van der Waals surface area (Å²) in [6.45, 7) is 0.249. The molecule has 0 heterocycles. The summed E-state index contributed by atoms with van der Waals surface area (Å²) in [5.74, 6) is -0.411. The Morgan fingerprint density at radius 2 is 2.15 bits per heavy atom.